The van der Waals surface area contributed by atoms with Gasteiger partial charge in [0.25, 0.3) is 0 Å². The minimum absolute atomic E-state index is 0.135. The number of piperidine rings is 1. The zero-order valence-electron chi connectivity index (χ0n) is 21.0. The molecule has 0 N–H and O–H groups in total. The molecule has 35 heavy (non-hydrogen) atoms. The summed E-state index contributed by atoms with van der Waals surface area (Å²) in [5.41, 5.74) is -0.244. The van der Waals surface area contributed by atoms with Crippen LogP contribution in [0.1, 0.15) is 33.6 Å². The average Bonchev–Trinajstić information content (AvgIpc) is 2.82. The van der Waals surface area contributed by atoms with Crippen LogP contribution in [0, 0.1) is 5.92 Å². The van der Waals surface area contributed by atoms with Crippen molar-refractivity contribution in [3.8, 4) is 6.01 Å². The summed E-state index contributed by atoms with van der Waals surface area (Å²) in [6, 6.07) is 9.14. The number of amides is 2. The molecule has 1 aromatic heterocycles. The van der Waals surface area contributed by atoms with E-state index in [1.165, 1.54) is 4.90 Å². The van der Waals surface area contributed by atoms with Crippen molar-refractivity contribution in [2.75, 3.05) is 50.1 Å². The Bertz CT molecular complexity index is 1020. The fourth-order valence-electron chi connectivity index (χ4n) is 3.96. The number of para-hydroxylation sites is 1. The molecule has 0 saturated carbocycles. The molecule has 1 aliphatic rings. The number of likely N-dealkylation sites (tertiary alicyclic amines) is 1. The highest BCUT2D eigenvalue weighted by atomic mass is 35.5. The summed E-state index contributed by atoms with van der Waals surface area (Å²) in [7, 11) is 3.53. The van der Waals surface area contributed by atoms with Crippen LogP contribution in [-0.2, 0) is 9.53 Å². The Morgan fingerprint density at radius 2 is 1.86 bits per heavy atom. The van der Waals surface area contributed by atoms with Gasteiger partial charge in [-0.1, -0.05) is 23.7 Å². The van der Waals surface area contributed by atoms with E-state index in [-0.39, 0.29) is 12.5 Å². The summed E-state index contributed by atoms with van der Waals surface area (Å²) >= 11 is 6.34. The van der Waals surface area contributed by atoms with E-state index in [1.807, 2.05) is 13.1 Å². The van der Waals surface area contributed by atoms with Crippen molar-refractivity contribution in [3.05, 3.63) is 41.6 Å². The fourth-order valence-corrected chi connectivity index (χ4v) is 4.20. The predicted molar refractivity (Wildman–Crippen MR) is 136 cm³/mol. The number of anilines is 2. The molecule has 2 heterocycles. The molecule has 0 bridgehead atoms. The SMILES string of the molecule is COc1nccc(N(C)CC2CCN(C(=O)CN(C(=O)OC(C)(C)C)c3ccccc3Cl)CC2)n1. The molecular weight excluding hydrogens is 470 g/mol. The van der Waals surface area contributed by atoms with E-state index in [1.54, 1.807) is 63.2 Å². The summed E-state index contributed by atoms with van der Waals surface area (Å²) in [4.78, 5) is 39.7. The van der Waals surface area contributed by atoms with Crippen LogP contribution < -0.4 is 14.5 Å². The van der Waals surface area contributed by atoms with Crippen LogP contribution in [0.4, 0.5) is 16.3 Å². The maximum absolute atomic E-state index is 13.2. The third-order valence-corrected chi connectivity index (χ3v) is 6.06. The van der Waals surface area contributed by atoms with Crippen molar-refractivity contribution in [2.24, 2.45) is 5.92 Å². The van der Waals surface area contributed by atoms with E-state index in [4.69, 9.17) is 21.1 Å². The van der Waals surface area contributed by atoms with Crippen LogP contribution in [0.3, 0.4) is 0 Å². The molecule has 0 radical (unpaired) electrons. The molecule has 10 heteroatoms. The Labute approximate surface area is 212 Å². The minimum atomic E-state index is -0.697. The van der Waals surface area contributed by atoms with Crippen molar-refractivity contribution >= 4 is 35.1 Å². The van der Waals surface area contributed by atoms with Gasteiger partial charge in [0, 0.05) is 32.9 Å². The lowest BCUT2D eigenvalue weighted by atomic mass is 9.96. The minimum Gasteiger partial charge on any atom is -0.467 e. The van der Waals surface area contributed by atoms with Crippen molar-refractivity contribution < 1.29 is 19.1 Å². The van der Waals surface area contributed by atoms with Crippen molar-refractivity contribution in [2.45, 2.75) is 39.2 Å². The van der Waals surface area contributed by atoms with E-state index in [0.29, 0.717) is 35.7 Å². The highest BCUT2D eigenvalue weighted by Crippen LogP contribution is 2.28. The van der Waals surface area contributed by atoms with Gasteiger partial charge in [-0.3, -0.25) is 9.69 Å². The first-order valence-electron chi connectivity index (χ1n) is 11.7. The number of methoxy groups -OCH3 is 1. The number of carbonyl (C=O) groups is 2. The topological polar surface area (TPSA) is 88.1 Å². The Morgan fingerprint density at radius 1 is 1.17 bits per heavy atom. The first kappa shape index (κ1) is 26.5. The van der Waals surface area contributed by atoms with Gasteiger partial charge in [0.2, 0.25) is 5.91 Å². The molecular formula is C25H34ClN5O4. The molecule has 2 amide bonds. The van der Waals surface area contributed by atoms with Crippen LogP contribution in [-0.4, -0.2) is 72.8 Å². The average molecular weight is 504 g/mol. The molecule has 1 saturated heterocycles. The van der Waals surface area contributed by atoms with Crippen LogP contribution in [0.25, 0.3) is 0 Å². The molecule has 190 valence electrons. The van der Waals surface area contributed by atoms with Gasteiger partial charge in [0.05, 0.1) is 17.8 Å². The number of ether oxygens (including phenoxy) is 2. The third kappa shape index (κ3) is 7.45. The van der Waals surface area contributed by atoms with Crippen molar-refractivity contribution in [1.29, 1.82) is 0 Å². The number of aromatic nitrogens is 2. The summed E-state index contributed by atoms with van der Waals surface area (Å²) in [5.74, 6) is 1.07. The maximum atomic E-state index is 13.2. The standard InChI is InChI=1S/C25H34ClN5O4/c1-25(2,3)35-24(33)31(20-9-7-6-8-19(20)26)17-22(32)30-14-11-18(12-15-30)16-29(4)21-10-13-27-23(28-21)34-5/h6-10,13,18H,11-12,14-17H2,1-5H3. The zero-order valence-corrected chi connectivity index (χ0v) is 21.8. The molecule has 0 unspecified atom stereocenters. The van der Waals surface area contributed by atoms with Gasteiger partial charge in [-0.05, 0) is 57.7 Å². The van der Waals surface area contributed by atoms with Gasteiger partial charge in [0.1, 0.15) is 18.0 Å². The Hall–Kier alpha value is -3.07. The maximum Gasteiger partial charge on any atom is 0.415 e. The quantitative estimate of drug-likeness (QED) is 0.558. The zero-order chi connectivity index (χ0) is 25.6. The van der Waals surface area contributed by atoms with Crippen LogP contribution in [0.2, 0.25) is 5.02 Å². The lowest BCUT2D eigenvalue weighted by Gasteiger charge is -2.35. The van der Waals surface area contributed by atoms with Gasteiger partial charge in [0.15, 0.2) is 0 Å². The molecule has 0 spiro atoms. The lowest BCUT2D eigenvalue weighted by Crippen LogP contribution is -2.48. The van der Waals surface area contributed by atoms with E-state index in [9.17, 15) is 9.59 Å². The number of hydrogen-bond acceptors (Lipinski definition) is 7. The lowest BCUT2D eigenvalue weighted by molar-refractivity contribution is -0.131. The molecule has 3 rings (SSSR count). The Morgan fingerprint density at radius 3 is 2.49 bits per heavy atom. The second-order valence-corrected chi connectivity index (χ2v) is 10.0. The van der Waals surface area contributed by atoms with E-state index < -0.39 is 11.7 Å². The number of nitrogens with zero attached hydrogens (tertiary/aromatic N) is 5. The number of rotatable bonds is 7. The van der Waals surface area contributed by atoms with Gasteiger partial charge < -0.3 is 19.3 Å². The van der Waals surface area contributed by atoms with Gasteiger partial charge in [-0.2, -0.15) is 4.98 Å². The first-order valence-corrected chi connectivity index (χ1v) is 12.1. The number of hydrogen-bond donors (Lipinski definition) is 0. The van der Waals surface area contributed by atoms with Crippen LogP contribution >= 0.6 is 11.6 Å². The summed E-state index contributed by atoms with van der Waals surface area (Å²) in [6.45, 7) is 7.28. The fraction of sp³-hybridized carbons (Fsp3) is 0.520. The third-order valence-electron chi connectivity index (χ3n) is 5.74. The van der Waals surface area contributed by atoms with Crippen LogP contribution in [0.5, 0.6) is 6.01 Å². The van der Waals surface area contributed by atoms with Crippen molar-refractivity contribution in [1.82, 2.24) is 14.9 Å². The number of benzene rings is 1. The summed E-state index contributed by atoms with van der Waals surface area (Å²) in [5, 5.41) is 0.384. The van der Waals surface area contributed by atoms with Gasteiger partial charge >= 0.3 is 12.1 Å². The van der Waals surface area contributed by atoms with Crippen LogP contribution in [0.15, 0.2) is 36.5 Å². The smallest absolute Gasteiger partial charge is 0.415 e. The monoisotopic (exact) mass is 503 g/mol. The highest BCUT2D eigenvalue weighted by molar-refractivity contribution is 6.33. The molecule has 9 nitrogen and oxygen atoms in total. The Balaban J connectivity index is 1.60. The van der Waals surface area contributed by atoms with Gasteiger partial charge in [-0.15, -0.1) is 0 Å². The first-order chi connectivity index (χ1) is 16.6. The van der Waals surface area contributed by atoms with E-state index in [0.717, 1.165) is 25.2 Å². The van der Waals surface area contributed by atoms with E-state index >= 15 is 0 Å². The van der Waals surface area contributed by atoms with E-state index in [2.05, 4.69) is 14.9 Å². The van der Waals surface area contributed by atoms with Gasteiger partial charge in [-0.25, -0.2) is 9.78 Å². The molecule has 0 atom stereocenters. The molecule has 0 aliphatic carbocycles. The second kappa shape index (κ2) is 11.6. The Kier molecular flexibility index (Phi) is 8.77. The molecule has 1 fully saturated rings. The van der Waals surface area contributed by atoms with Crippen molar-refractivity contribution in [3.63, 3.8) is 0 Å². The predicted octanol–water partition coefficient (Wildman–Crippen LogP) is 4.26. The molecule has 2 aromatic rings. The number of halogens is 1. The normalized spacial score (nSPS) is 14.4. The summed E-state index contributed by atoms with van der Waals surface area (Å²) < 4.78 is 10.7. The summed E-state index contributed by atoms with van der Waals surface area (Å²) in [6.07, 6.45) is 2.79. The second-order valence-electron chi connectivity index (χ2n) is 9.62. The number of carbonyl (C=O) groups excluding carboxylic acids is 2. The molecule has 1 aliphatic heterocycles. The highest BCUT2D eigenvalue weighted by Gasteiger charge is 2.30. The largest absolute Gasteiger partial charge is 0.467 e. The molecule has 1 aromatic carbocycles.